The minimum atomic E-state index is -4.44. The second kappa shape index (κ2) is 14.1. The van der Waals surface area contributed by atoms with Gasteiger partial charge in [-0.25, -0.2) is 22.9 Å². The summed E-state index contributed by atoms with van der Waals surface area (Å²) in [4.78, 5) is 29.7. The van der Waals surface area contributed by atoms with Crippen molar-refractivity contribution >= 4 is 21.9 Å². The zero-order chi connectivity index (χ0) is 31.8. The number of unbranched alkanes of at least 4 members (excludes halogenated alkanes) is 1. The van der Waals surface area contributed by atoms with E-state index in [9.17, 15) is 31.2 Å². The topological polar surface area (TPSA) is 132 Å². The number of amides is 1. The summed E-state index contributed by atoms with van der Waals surface area (Å²) >= 11 is 0. The van der Waals surface area contributed by atoms with Crippen LogP contribution in [0.1, 0.15) is 52.5 Å². The van der Waals surface area contributed by atoms with E-state index in [1.807, 2.05) is 27.7 Å². The summed E-state index contributed by atoms with van der Waals surface area (Å²) in [6.07, 6.45) is -1.42. The Balaban J connectivity index is 1.66. The minimum absolute atomic E-state index is 0.134. The van der Waals surface area contributed by atoms with E-state index in [1.165, 1.54) is 35.1 Å². The van der Waals surface area contributed by atoms with Crippen LogP contribution in [0.3, 0.4) is 0 Å². The molecule has 2 aromatic heterocycles. The normalized spacial score (nSPS) is 13.7. The van der Waals surface area contributed by atoms with Crippen LogP contribution in [0.2, 0.25) is 0 Å². The summed E-state index contributed by atoms with van der Waals surface area (Å²) in [7, 11) is -4.02. The third-order valence-corrected chi connectivity index (χ3v) is 7.91. The van der Waals surface area contributed by atoms with E-state index in [4.69, 9.17) is 4.74 Å². The fraction of sp³-hybridized carbons (Fsp3) is 0.448. The smallest absolute Gasteiger partial charge is 0.416 e. The number of ketones is 1. The SMILES string of the molecule is CCCC[C@H](NC(=O)O[C@H](Cn1ccc(-c2ccc(C(F)(F)F)cc2)n1)C(C)(C)C)C(=O)CNS(=O)(=O)c1ccccn1. The van der Waals surface area contributed by atoms with Gasteiger partial charge in [-0.3, -0.25) is 9.48 Å². The molecule has 0 fully saturated rings. The van der Waals surface area contributed by atoms with Crippen molar-refractivity contribution in [3.63, 3.8) is 0 Å². The molecule has 0 radical (unpaired) electrons. The first-order valence-corrected chi connectivity index (χ1v) is 15.2. The summed E-state index contributed by atoms with van der Waals surface area (Å²) in [5.74, 6) is -0.537. The Morgan fingerprint density at radius 3 is 2.33 bits per heavy atom. The molecule has 2 N–H and O–H groups in total. The van der Waals surface area contributed by atoms with Crippen LogP contribution in [-0.2, 0) is 32.3 Å². The lowest BCUT2D eigenvalue weighted by Gasteiger charge is -2.31. The summed E-state index contributed by atoms with van der Waals surface area (Å²) in [5.41, 5.74) is -0.374. The van der Waals surface area contributed by atoms with E-state index in [2.05, 4.69) is 20.1 Å². The first-order chi connectivity index (χ1) is 20.1. The molecule has 0 spiro atoms. The zero-order valence-corrected chi connectivity index (χ0v) is 25.2. The molecule has 3 aromatic rings. The number of Topliss-reactive ketones (excluding diaryl/α,β-unsaturated/α-hetero) is 1. The lowest BCUT2D eigenvalue weighted by Crippen LogP contribution is -2.47. The van der Waals surface area contributed by atoms with Crippen LogP contribution in [0.5, 0.6) is 0 Å². The number of sulfonamides is 1. The van der Waals surface area contributed by atoms with Gasteiger partial charge >= 0.3 is 12.3 Å². The monoisotopic (exact) mass is 623 g/mol. The maximum Gasteiger partial charge on any atom is 0.416 e. The van der Waals surface area contributed by atoms with E-state index in [1.54, 1.807) is 18.3 Å². The highest BCUT2D eigenvalue weighted by Gasteiger charge is 2.32. The molecule has 1 amide bonds. The highest BCUT2D eigenvalue weighted by atomic mass is 32.2. The standard InChI is InChI=1S/C29H36F3N5O5S/c1-5-6-9-23(24(38)18-34-43(40,41)26-10-7-8-16-33-26)35-27(39)42-25(28(2,3)4)19-37-17-15-22(36-37)20-11-13-21(14-12-20)29(30,31)32/h7-8,10-17,23,25,34H,5-6,9,18-19H2,1-4H3,(H,35,39)/t23-,25+/m0/s1. The number of carbonyl (C=O) groups excluding carboxylic acids is 2. The molecule has 0 saturated heterocycles. The molecule has 0 aliphatic heterocycles. The van der Waals surface area contributed by atoms with E-state index in [0.717, 1.165) is 18.6 Å². The Bertz CT molecular complexity index is 1470. The van der Waals surface area contributed by atoms with Crippen LogP contribution in [0.25, 0.3) is 11.3 Å². The van der Waals surface area contributed by atoms with Crippen molar-refractivity contribution in [2.75, 3.05) is 6.54 Å². The number of nitrogens with one attached hydrogen (secondary N) is 2. The third-order valence-electron chi connectivity index (χ3n) is 6.59. The van der Waals surface area contributed by atoms with Crippen LogP contribution >= 0.6 is 0 Å². The molecule has 43 heavy (non-hydrogen) atoms. The number of pyridine rings is 1. The molecular formula is C29H36F3N5O5S. The van der Waals surface area contributed by atoms with Gasteiger partial charge in [0.15, 0.2) is 10.8 Å². The van der Waals surface area contributed by atoms with Crippen LogP contribution in [0.15, 0.2) is 66.0 Å². The molecule has 0 unspecified atom stereocenters. The average Bonchev–Trinajstić information content (AvgIpc) is 3.42. The van der Waals surface area contributed by atoms with Crippen molar-refractivity contribution in [2.45, 2.75) is 76.9 Å². The quantitative estimate of drug-likeness (QED) is 0.267. The molecular weight excluding hydrogens is 587 g/mol. The Morgan fingerprint density at radius 1 is 1.05 bits per heavy atom. The van der Waals surface area contributed by atoms with Gasteiger partial charge in [0.1, 0.15) is 6.10 Å². The lowest BCUT2D eigenvalue weighted by atomic mass is 9.89. The molecule has 1 aromatic carbocycles. The Kier molecular flexibility index (Phi) is 11.1. The molecule has 2 heterocycles. The summed E-state index contributed by atoms with van der Waals surface area (Å²) < 4.78 is 73.2. The molecule has 0 saturated carbocycles. The van der Waals surface area contributed by atoms with Crippen LogP contribution in [0.4, 0.5) is 18.0 Å². The van der Waals surface area contributed by atoms with E-state index in [-0.39, 0.29) is 18.0 Å². The van der Waals surface area contributed by atoms with Gasteiger partial charge in [0.25, 0.3) is 10.0 Å². The van der Waals surface area contributed by atoms with E-state index >= 15 is 0 Å². The number of carbonyl (C=O) groups is 2. The van der Waals surface area contributed by atoms with Crippen LogP contribution in [-0.4, -0.2) is 53.7 Å². The van der Waals surface area contributed by atoms with Gasteiger partial charge in [-0.2, -0.15) is 18.3 Å². The highest BCUT2D eigenvalue weighted by molar-refractivity contribution is 7.89. The van der Waals surface area contributed by atoms with Gasteiger partial charge in [-0.1, -0.05) is 58.7 Å². The van der Waals surface area contributed by atoms with E-state index in [0.29, 0.717) is 17.7 Å². The van der Waals surface area contributed by atoms with Crippen molar-refractivity contribution in [3.05, 3.63) is 66.5 Å². The second-order valence-electron chi connectivity index (χ2n) is 11.1. The molecule has 14 heteroatoms. The van der Waals surface area contributed by atoms with Gasteiger partial charge < -0.3 is 10.1 Å². The first-order valence-electron chi connectivity index (χ1n) is 13.7. The highest BCUT2D eigenvalue weighted by Crippen LogP contribution is 2.31. The molecule has 234 valence electrons. The number of benzene rings is 1. The number of halogens is 3. The van der Waals surface area contributed by atoms with Crippen molar-refractivity contribution in [2.24, 2.45) is 5.41 Å². The number of aromatic nitrogens is 3. The largest absolute Gasteiger partial charge is 0.444 e. The van der Waals surface area contributed by atoms with Gasteiger partial charge in [-0.15, -0.1) is 0 Å². The predicted octanol–water partition coefficient (Wildman–Crippen LogP) is 5.21. The Hall–Kier alpha value is -3.78. The molecule has 0 aliphatic carbocycles. The summed E-state index contributed by atoms with van der Waals surface area (Å²) in [5, 5.41) is 6.79. The van der Waals surface area contributed by atoms with Crippen LogP contribution in [0, 0.1) is 5.41 Å². The first kappa shape index (κ1) is 33.7. The number of rotatable bonds is 13. The van der Waals surface area contributed by atoms with Crippen molar-refractivity contribution < 1.29 is 35.9 Å². The number of hydrogen-bond acceptors (Lipinski definition) is 7. The average molecular weight is 624 g/mol. The van der Waals surface area contributed by atoms with Crippen molar-refractivity contribution in [3.8, 4) is 11.3 Å². The maximum absolute atomic E-state index is 13.0. The lowest BCUT2D eigenvalue weighted by molar-refractivity contribution is -0.137. The van der Waals surface area contributed by atoms with Gasteiger partial charge in [0.2, 0.25) is 0 Å². The second-order valence-corrected chi connectivity index (χ2v) is 12.8. The molecule has 0 aliphatic rings. The Labute approximate surface area is 249 Å². The zero-order valence-electron chi connectivity index (χ0n) is 24.4. The summed E-state index contributed by atoms with van der Waals surface area (Å²) in [6.45, 7) is 7.08. The van der Waals surface area contributed by atoms with E-state index < -0.39 is 57.7 Å². The molecule has 2 atom stereocenters. The molecule has 3 rings (SSSR count). The summed E-state index contributed by atoms with van der Waals surface area (Å²) in [6, 6.07) is 9.68. The van der Waals surface area contributed by atoms with Crippen molar-refractivity contribution in [1.82, 2.24) is 24.8 Å². The van der Waals surface area contributed by atoms with Gasteiger partial charge in [0.05, 0.1) is 30.4 Å². The van der Waals surface area contributed by atoms with Gasteiger partial charge in [0, 0.05) is 23.4 Å². The van der Waals surface area contributed by atoms with Crippen LogP contribution < -0.4 is 10.0 Å². The minimum Gasteiger partial charge on any atom is -0.444 e. The van der Waals surface area contributed by atoms with Crippen molar-refractivity contribution in [1.29, 1.82) is 0 Å². The predicted molar refractivity (Wildman–Crippen MR) is 153 cm³/mol. The fourth-order valence-electron chi connectivity index (χ4n) is 4.00. The number of alkyl halides is 3. The number of ether oxygens (including phenoxy) is 1. The molecule has 10 nitrogen and oxygen atoms in total. The third kappa shape index (κ3) is 9.89. The Morgan fingerprint density at radius 2 is 1.74 bits per heavy atom. The number of hydrogen-bond donors (Lipinski definition) is 2. The number of alkyl carbamates (subject to hydrolysis) is 1. The maximum atomic E-state index is 13.0. The fourth-order valence-corrected chi connectivity index (χ4v) is 4.94. The molecule has 0 bridgehead atoms. The number of nitrogens with zero attached hydrogens (tertiary/aromatic N) is 3. The van der Waals surface area contributed by atoms with Gasteiger partial charge in [-0.05, 0) is 36.8 Å².